The lowest BCUT2D eigenvalue weighted by Gasteiger charge is -2.23. The Labute approximate surface area is 130 Å². The van der Waals surface area contributed by atoms with Crippen LogP contribution in [0, 0.1) is 0 Å². The van der Waals surface area contributed by atoms with E-state index in [1.807, 2.05) is 0 Å². The van der Waals surface area contributed by atoms with Crippen LogP contribution in [0.4, 0.5) is 5.69 Å². The number of benzene rings is 1. The number of ether oxygens (including phenoxy) is 1. The quantitative estimate of drug-likeness (QED) is 0.795. The zero-order valence-corrected chi connectivity index (χ0v) is 13.3. The van der Waals surface area contributed by atoms with Crippen LogP contribution in [0.2, 0.25) is 0 Å². The van der Waals surface area contributed by atoms with E-state index in [1.54, 1.807) is 50.2 Å². The lowest BCUT2D eigenvalue weighted by atomic mass is 10.2. The minimum absolute atomic E-state index is 0.0257. The van der Waals surface area contributed by atoms with Crippen LogP contribution >= 0.6 is 0 Å². The van der Waals surface area contributed by atoms with Crippen LogP contribution in [0.1, 0.15) is 19.8 Å². The molecule has 0 radical (unpaired) electrons. The van der Waals surface area contributed by atoms with Gasteiger partial charge in [-0.15, -0.1) is 0 Å². The van der Waals surface area contributed by atoms with Crippen molar-refractivity contribution in [3.63, 3.8) is 0 Å². The molecule has 0 aromatic heterocycles. The number of hydrogen-bond donors (Lipinski definition) is 2. The number of rotatable bonds is 7. The molecule has 120 valence electrons. The topological polar surface area (TPSA) is 70.7 Å². The van der Waals surface area contributed by atoms with Crippen molar-refractivity contribution < 1.29 is 14.3 Å². The van der Waals surface area contributed by atoms with Crippen molar-refractivity contribution in [2.45, 2.75) is 31.8 Å². The Morgan fingerprint density at radius 1 is 1.32 bits per heavy atom. The molecule has 0 bridgehead atoms. The van der Waals surface area contributed by atoms with Crippen LogP contribution in [-0.2, 0) is 9.59 Å². The highest BCUT2D eigenvalue weighted by molar-refractivity contribution is 5.92. The number of nitrogens with one attached hydrogen (secondary N) is 2. The summed E-state index contributed by atoms with van der Waals surface area (Å²) in [7, 11) is 3.36. The SMILES string of the molecule is COc1ccc(NC(=O)CN(C)[C@@H](C)C(=O)NC2CC2)cc1. The first-order chi connectivity index (χ1) is 10.5. The van der Waals surface area contributed by atoms with Crippen molar-refractivity contribution in [2.24, 2.45) is 0 Å². The van der Waals surface area contributed by atoms with E-state index in [9.17, 15) is 9.59 Å². The average molecular weight is 305 g/mol. The standard InChI is InChI=1S/C16H23N3O3/c1-11(16(21)18-13-4-5-13)19(2)10-15(20)17-12-6-8-14(22-3)9-7-12/h6-9,11,13H,4-5,10H2,1-3H3,(H,17,20)(H,18,21)/t11-/m0/s1. The maximum atomic E-state index is 12.0. The number of likely N-dealkylation sites (N-methyl/N-ethyl adjacent to an activating group) is 1. The van der Waals surface area contributed by atoms with E-state index in [0.29, 0.717) is 11.7 Å². The summed E-state index contributed by atoms with van der Waals surface area (Å²) in [4.78, 5) is 25.7. The Morgan fingerprint density at radius 3 is 2.50 bits per heavy atom. The number of carbonyl (C=O) groups excluding carboxylic acids is 2. The Kier molecular flexibility index (Phi) is 5.38. The number of amides is 2. The second-order valence-corrected chi connectivity index (χ2v) is 5.65. The predicted molar refractivity (Wildman–Crippen MR) is 84.9 cm³/mol. The highest BCUT2D eigenvalue weighted by Gasteiger charge is 2.27. The maximum absolute atomic E-state index is 12.0. The molecule has 1 aliphatic rings. The van der Waals surface area contributed by atoms with Gasteiger partial charge in [0, 0.05) is 11.7 Å². The summed E-state index contributed by atoms with van der Waals surface area (Å²) < 4.78 is 5.07. The average Bonchev–Trinajstić information content (AvgIpc) is 3.30. The highest BCUT2D eigenvalue weighted by atomic mass is 16.5. The molecule has 0 spiro atoms. The van der Waals surface area contributed by atoms with E-state index < -0.39 is 0 Å². The van der Waals surface area contributed by atoms with Crippen LogP contribution < -0.4 is 15.4 Å². The van der Waals surface area contributed by atoms with Crippen molar-refractivity contribution in [3.8, 4) is 5.75 Å². The molecule has 1 fully saturated rings. The fraction of sp³-hybridized carbons (Fsp3) is 0.500. The molecule has 1 saturated carbocycles. The van der Waals surface area contributed by atoms with Crippen molar-refractivity contribution in [1.29, 1.82) is 0 Å². The van der Waals surface area contributed by atoms with Gasteiger partial charge in [0.1, 0.15) is 5.75 Å². The molecule has 0 saturated heterocycles. The van der Waals surface area contributed by atoms with Gasteiger partial charge in [-0.05, 0) is 51.1 Å². The zero-order valence-electron chi connectivity index (χ0n) is 13.3. The van der Waals surface area contributed by atoms with E-state index in [1.165, 1.54) is 0 Å². The molecule has 0 aliphatic heterocycles. The van der Waals surface area contributed by atoms with Crippen LogP contribution in [0.15, 0.2) is 24.3 Å². The Morgan fingerprint density at radius 2 is 1.95 bits per heavy atom. The third-order valence-corrected chi connectivity index (χ3v) is 3.73. The molecule has 1 atom stereocenters. The summed E-state index contributed by atoms with van der Waals surface area (Å²) in [6.07, 6.45) is 2.11. The van der Waals surface area contributed by atoms with Gasteiger partial charge in [-0.1, -0.05) is 0 Å². The molecule has 2 amide bonds. The lowest BCUT2D eigenvalue weighted by Crippen LogP contribution is -2.46. The van der Waals surface area contributed by atoms with Crippen LogP contribution in [-0.4, -0.2) is 49.5 Å². The fourth-order valence-electron chi connectivity index (χ4n) is 1.99. The van der Waals surface area contributed by atoms with Gasteiger partial charge in [0.25, 0.3) is 0 Å². The second kappa shape index (κ2) is 7.26. The van der Waals surface area contributed by atoms with Crippen molar-refractivity contribution in [3.05, 3.63) is 24.3 Å². The van der Waals surface area contributed by atoms with Gasteiger partial charge in [-0.25, -0.2) is 0 Å². The van der Waals surface area contributed by atoms with E-state index >= 15 is 0 Å². The highest BCUT2D eigenvalue weighted by Crippen LogP contribution is 2.19. The molecule has 0 heterocycles. The first kappa shape index (κ1) is 16.3. The summed E-state index contributed by atoms with van der Waals surface area (Å²) in [5.74, 6) is 0.557. The number of methoxy groups -OCH3 is 1. The molecule has 1 aliphatic carbocycles. The monoisotopic (exact) mass is 305 g/mol. The van der Waals surface area contributed by atoms with Crippen LogP contribution in [0.5, 0.6) is 5.75 Å². The van der Waals surface area contributed by atoms with Gasteiger partial charge < -0.3 is 15.4 Å². The number of carbonyl (C=O) groups is 2. The van der Waals surface area contributed by atoms with Gasteiger partial charge >= 0.3 is 0 Å². The summed E-state index contributed by atoms with van der Waals surface area (Å²) in [6.45, 7) is 1.96. The van der Waals surface area contributed by atoms with Gasteiger partial charge in [-0.2, -0.15) is 0 Å². The molecule has 2 rings (SSSR count). The molecule has 6 heteroatoms. The van der Waals surface area contributed by atoms with E-state index in [2.05, 4.69) is 10.6 Å². The Balaban J connectivity index is 1.80. The molecule has 6 nitrogen and oxygen atoms in total. The normalized spacial score (nSPS) is 15.3. The van der Waals surface area contributed by atoms with E-state index in [-0.39, 0.29) is 24.4 Å². The van der Waals surface area contributed by atoms with E-state index in [0.717, 1.165) is 18.6 Å². The summed E-state index contributed by atoms with van der Waals surface area (Å²) in [5.41, 5.74) is 0.703. The van der Waals surface area contributed by atoms with Crippen molar-refractivity contribution >= 4 is 17.5 Å². The largest absolute Gasteiger partial charge is 0.497 e. The summed E-state index contributed by atoms with van der Waals surface area (Å²) in [6, 6.07) is 7.12. The summed E-state index contributed by atoms with van der Waals surface area (Å²) in [5, 5.41) is 5.75. The van der Waals surface area contributed by atoms with Crippen LogP contribution in [0.3, 0.4) is 0 Å². The third-order valence-electron chi connectivity index (χ3n) is 3.73. The molecular weight excluding hydrogens is 282 g/mol. The van der Waals surface area contributed by atoms with E-state index in [4.69, 9.17) is 4.74 Å². The number of nitrogens with zero attached hydrogens (tertiary/aromatic N) is 1. The van der Waals surface area contributed by atoms with Crippen molar-refractivity contribution in [1.82, 2.24) is 10.2 Å². The predicted octanol–water partition coefficient (Wildman–Crippen LogP) is 1.23. The Bertz CT molecular complexity index is 526. The first-order valence-corrected chi connectivity index (χ1v) is 7.44. The summed E-state index contributed by atoms with van der Waals surface area (Å²) >= 11 is 0. The van der Waals surface area contributed by atoms with Crippen molar-refractivity contribution in [2.75, 3.05) is 26.0 Å². The van der Waals surface area contributed by atoms with Gasteiger partial charge in [0.2, 0.25) is 11.8 Å². The smallest absolute Gasteiger partial charge is 0.238 e. The van der Waals surface area contributed by atoms with Gasteiger partial charge in [-0.3, -0.25) is 14.5 Å². The fourth-order valence-corrected chi connectivity index (χ4v) is 1.99. The molecular formula is C16H23N3O3. The first-order valence-electron chi connectivity index (χ1n) is 7.44. The molecule has 0 unspecified atom stereocenters. The third kappa shape index (κ3) is 4.73. The Hall–Kier alpha value is -2.08. The minimum atomic E-state index is -0.331. The number of hydrogen-bond acceptors (Lipinski definition) is 4. The molecule has 22 heavy (non-hydrogen) atoms. The van der Waals surface area contributed by atoms with Gasteiger partial charge in [0.15, 0.2) is 0 Å². The number of anilines is 1. The minimum Gasteiger partial charge on any atom is -0.497 e. The molecule has 1 aromatic carbocycles. The second-order valence-electron chi connectivity index (χ2n) is 5.65. The molecule has 2 N–H and O–H groups in total. The maximum Gasteiger partial charge on any atom is 0.238 e. The van der Waals surface area contributed by atoms with Gasteiger partial charge in [0.05, 0.1) is 19.7 Å². The lowest BCUT2D eigenvalue weighted by molar-refractivity contribution is -0.126. The zero-order chi connectivity index (χ0) is 16.1. The van der Waals surface area contributed by atoms with Crippen LogP contribution in [0.25, 0.3) is 0 Å². The molecule has 1 aromatic rings.